The molecule has 0 bridgehead atoms. The molecule has 2 rings (SSSR count). The Bertz CT molecular complexity index is 703. The highest BCUT2D eigenvalue weighted by Gasteiger charge is 2.28. The third-order valence-corrected chi connectivity index (χ3v) is 7.40. The van der Waals surface area contributed by atoms with Gasteiger partial charge in [0, 0.05) is 39.3 Å². The molecule has 0 aromatic heterocycles. The van der Waals surface area contributed by atoms with Crippen molar-refractivity contribution in [1.82, 2.24) is 15.1 Å². The molecular formula is C20H34N4O2S. The van der Waals surface area contributed by atoms with Gasteiger partial charge in [-0.3, -0.25) is 9.89 Å². The Balaban J connectivity index is 1.90. The van der Waals surface area contributed by atoms with Gasteiger partial charge in [0.2, 0.25) is 0 Å². The lowest BCUT2D eigenvalue weighted by Gasteiger charge is -2.36. The van der Waals surface area contributed by atoms with E-state index in [-0.39, 0.29) is 5.75 Å². The largest absolute Gasteiger partial charge is 0.357 e. The molecule has 1 aliphatic rings. The van der Waals surface area contributed by atoms with Crippen molar-refractivity contribution in [1.29, 1.82) is 0 Å². The van der Waals surface area contributed by atoms with Gasteiger partial charge in [0.25, 0.3) is 0 Å². The molecule has 0 unspecified atom stereocenters. The smallest absolute Gasteiger partial charge is 0.194 e. The summed E-state index contributed by atoms with van der Waals surface area (Å²) in [5.74, 6) is 0.903. The maximum atomic E-state index is 12.3. The number of guanidine groups is 1. The van der Waals surface area contributed by atoms with Crippen LogP contribution in [0.2, 0.25) is 0 Å². The van der Waals surface area contributed by atoms with Crippen molar-refractivity contribution in [3.8, 4) is 0 Å². The number of rotatable bonds is 6. The van der Waals surface area contributed by atoms with Crippen LogP contribution in [0.25, 0.3) is 0 Å². The Hall–Kier alpha value is -1.60. The van der Waals surface area contributed by atoms with Crippen molar-refractivity contribution in [3.05, 3.63) is 35.9 Å². The molecule has 0 amide bonds. The van der Waals surface area contributed by atoms with Crippen LogP contribution in [0.1, 0.15) is 33.3 Å². The Morgan fingerprint density at radius 1 is 1.11 bits per heavy atom. The van der Waals surface area contributed by atoms with E-state index in [1.165, 1.54) is 5.56 Å². The average Bonchev–Trinajstić information content (AvgIpc) is 2.61. The number of sulfone groups is 1. The fraction of sp³-hybridized carbons (Fsp3) is 0.650. The number of benzene rings is 1. The molecule has 0 spiro atoms. The van der Waals surface area contributed by atoms with Crippen LogP contribution >= 0.6 is 0 Å². The summed E-state index contributed by atoms with van der Waals surface area (Å²) in [6.07, 6.45) is 0. The summed E-state index contributed by atoms with van der Waals surface area (Å²) in [4.78, 5) is 9.25. The van der Waals surface area contributed by atoms with Crippen molar-refractivity contribution < 1.29 is 8.42 Å². The molecular weight excluding hydrogens is 360 g/mol. The van der Waals surface area contributed by atoms with E-state index in [9.17, 15) is 8.42 Å². The summed E-state index contributed by atoms with van der Waals surface area (Å²) in [6, 6.07) is 10.5. The first-order valence-electron chi connectivity index (χ1n) is 9.75. The third-order valence-electron chi connectivity index (χ3n) is 4.81. The minimum Gasteiger partial charge on any atom is -0.357 e. The molecule has 152 valence electrons. The molecule has 7 heteroatoms. The second kappa shape index (κ2) is 9.55. The van der Waals surface area contributed by atoms with Gasteiger partial charge in [-0.05, 0) is 33.3 Å². The van der Waals surface area contributed by atoms with Crippen molar-refractivity contribution in [2.24, 2.45) is 4.99 Å². The highest BCUT2D eigenvalue weighted by molar-refractivity contribution is 7.92. The first-order valence-corrected chi connectivity index (χ1v) is 11.4. The Morgan fingerprint density at radius 3 is 2.30 bits per heavy atom. The van der Waals surface area contributed by atoms with Gasteiger partial charge < -0.3 is 10.2 Å². The summed E-state index contributed by atoms with van der Waals surface area (Å²) >= 11 is 0. The van der Waals surface area contributed by atoms with E-state index in [0.29, 0.717) is 6.54 Å². The summed E-state index contributed by atoms with van der Waals surface area (Å²) in [5, 5.41) is 3.30. The van der Waals surface area contributed by atoms with Crippen LogP contribution in [0, 0.1) is 0 Å². The zero-order chi connectivity index (χ0) is 19.9. The third kappa shape index (κ3) is 6.50. The first kappa shape index (κ1) is 21.7. The summed E-state index contributed by atoms with van der Waals surface area (Å²) < 4.78 is 23.8. The van der Waals surface area contributed by atoms with Crippen LogP contribution < -0.4 is 5.32 Å². The number of hydrogen-bond acceptors (Lipinski definition) is 4. The Morgan fingerprint density at radius 2 is 1.74 bits per heavy atom. The maximum absolute atomic E-state index is 12.3. The van der Waals surface area contributed by atoms with Gasteiger partial charge in [-0.25, -0.2) is 8.42 Å². The molecule has 1 saturated heterocycles. The van der Waals surface area contributed by atoms with Gasteiger partial charge in [0.15, 0.2) is 15.8 Å². The molecule has 0 atom stereocenters. The number of nitrogens with one attached hydrogen (secondary N) is 1. The summed E-state index contributed by atoms with van der Waals surface area (Å²) in [6.45, 7) is 13.0. The topological polar surface area (TPSA) is 65.0 Å². The standard InChI is InChI=1S/C20H34N4O2S/c1-5-21-19(22-11-16-27(25,26)20(2,3)4)24-14-12-23(13-15-24)17-18-9-7-6-8-10-18/h6-10H,5,11-17H2,1-4H3,(H,21,22). The van der Waals surface area contributed by atoms with Crippen LogP contribution in [0.5, 0.6) is 0 Å². The molecule has 6 nitrogen and oxygen atoms in total. The fourth-order valence-corrected chi connectivity index (χ4v) is 3.91. The Labute approximate surface area is 164 Å². The average molecular weight is 395 g/mol. The highest BCUT2D eigenvalue weighted by atomic mass is 32.2. The number of piperazine rings is 1. The van der Waals surface area contributed by atoms with Crippen molar-refractivity contribution in [3.63, 3.8) is 0 Å². The highest BCUT2D eigenvalue weighted by Crippen LogP contribution is 2.15. The Kier molecular flexibility index (Phi) is 7.68. The summed E-state index contributed by atoms with van der Waals surface area (Å²) in [5.41, 5.74) is 1.33. The monoisotopic (exact) mass is 394 g/mol. The molecule has 1 heterocycles. The number of hydrogen-bond donors (Lipinski definition) is 1. The van der Waals surface area contributed by atoms with Crippen molar-refractivity contribution in [2.45, 2.75) is 39.0 Å². The van der Waals surface area contributed by atoms with Crippen molar-refractivity contribution in [2.75, 3.05) is 45.0 Å². The van der Waals surface area contributed by atoms with Crippen LogP contribution in [-0.2, 0) is 16.4 Å². The van der Waals surface area contributed by atoms with Gasteiger partial charge in [0.1, 0.15) is 0 Å². The predicted octanol–water partition coefficient (Wildman–Crippen LogP) is 1.98. The fourth-order valence-electron chi connectivity index (χ4n) is 2.96. The quantitative estimate of drug-likeness (QED) is 0.590. The summed E-state index contributed by atoms with van der Waals surface area (Å²) in [7, 11) is -3.14. The zero-order valence-corrected chi connectivity index (χ0v) is 17.9. The second-order valence-electron chi connectivity index (χ2n) is 7.92. The molecule has 1 aliphatic heterocycles. The molecule has 1 aromatic carbocycles. The van der Waals surface area contributed by atoms with E-state index in [2.05, 4.69) is 44.4 Å². The van der Waals surface area contributed by atoms with Gasteiger partial charge in [-0.15, -0.1) is 0 Å². The minimum atomic E-state index is -3.14. The lowest BCUT2D eigenvalue weighted by atomic mass is 10.2. The zero-order valence-electron chi connectivity index (χ0n) is 17.1. The lowest BCUT2D eigenvalue weighted by Crippen LogP contribution is -2.52. The molecule has 1 N–H and O–H groups in total. The molecule has 0 saturated carbocycles. The number of aliphatic imine (C=N–C) groups is 1. The van der Waals surface area contributed by atoms with Crippen LogP contribution in [0.4, 0.5) is 0 Å². The van der Waals surface area contributed by atoms with Crippen LogP contribution in [0.3, 0.4) is 0 Å². The van der Waals surface area contributed by atoms with Crippen LogP contribution in [-0.4, -0.2) is 73.9 Å². The van der Waals surface area contributed by atoms with Gasteiger partial charge in [-0.1, -0.05) is 30.3 Å². The van der Waals surface area contributed by atoms with E-state index in [1.54, 1.807) is 20.8 Å². The van der Waals surface area contributed by atoms with E-state index in [0.717, 1.165) is 45.2 Å². The van der Waals surface area contributed by atoms with Crippen LogP contribution in [0.15, 0.2) is 35.3 Å². The van der Waals surface area contributed by atoms with E-state index < -0.39 is 14.6 Å². The predicted molar refractivity (Wildman–Crippen MR) is 113 cm³/mol. The van der Waals surface area contributed by atoms with Gasteiger partial charge >= 0.3 is 0 Å². The molecule has 1 fully saturated rings. The van der Waals surface area contributed by atoms with Gasteiger partial charge in [-0.2, -0.15) is 0 Å². The van der Waals surface area contributed by atoms with E-state index in [4.69, 9.17) is 0 Å². The number of nitrogens with zero attached hydrogens (tertiary/aromatic N) is 3. The molecule has 0 radical (unpaired) electrons. The van der Waals surface area contributed by atoms with Crippen molar-refractivity contribution >= 4 is 15.8 Å². The van der Waals surface area contributed by atoms with E-state index in [1.807, 2.05) is 13.0 Å². The minimum absolute atomic E-state index is 0.0827. The molecule has 1 aromatic rings. The molecule has 0 aliphatic carbocycles. The normalized spacial score (nSPS) is 17.2. The SMILES string of the molecule is CCNC(=NCCS(=O)(=O)C(C)(C)C)N1CCN(Cc2ccccc2)CC1. The van der Waals surface area contributed by atoms with E-state index >= 15 is 0 Å². The molecule has 27 heavy (non-hydrogen) atoms. The lowest BCUT2D eigenvalue weighted by molar-refractivity contribution is 0.172. The van der Waals surface area contributed by atoms with Gasteiger partial charge in [0.05, 0.1) is 17.0 Å². The maximum Gasteiger partial charge on any atom is 0.194 e. The first-order chi connectivity index (χ1) is 12.7. The second-order valence-corrected chi connectivity index (χ2v) is 10.8.